The summed E-state index contributed by atoms with van der Waals surface area (Å²) in [4.78, 5) is 37.4. The normalized spacial score (nSPS) is 16.8. The third-order valence-corrected chi connectivity index (χ3v) is 4.03. The number of carbonyl (C=O) groups excluding carboxylic acids is 2. The second-order valence-electron chi connectivity index (χ2n) is 6.05. The fraction of sp³-hybridized carbons (Fsp3) is 0.222. The molecule has 0 radical (unpaired) electrons. The topological polar surface area (TPSA) is 103 Å². The number of hydrazone groups is 1. The summed E-state index contributed by atoms with van der Waals surface area (Å²) in [5, 5.41) is 6.92. The first-order valence-electron chi connectivity index (χ1n) is 7.92. The fourth-order valence-corrected chi connectivity index (χ4v) is 2.79. The van der Waals surface area contributed by atoms with Gasteiger partial charge >= 0.3 is 0 Å². The van der Waals surface area contributed by atoms with Gasteiger partial charge in [0.1, 0.15) is 5.69 Å². The van der Waals surface area contributed by atoms with E-state index in [1.54, 1.807) is 12.1 Å². The smallest absolute Gasteiger partial charge is 0.272 e. The van der Waals surface area contributed by atoms with Crippen molar-refractivity contribution in [2.45, 2.75) is 20.3 Å². The molecule has 0 bridgehead atoms. The van der Waals surface area contributed by atoms with Crippen molar-refractivity contribution >= 4 is 23.2 Å². The van der Waals surface area contributed by atoms with E-state index in [9.17, 15) is 14.4 Å². The second kappa shape index (κ2) is 6.72. The van der Waals surface area contributed by atoms with Crippen LogP contribution in [0.2, 0.25) is 0 Å². The number of hydrogen-bond donors (Lipinski definition) is 3. The number of rotatable bonds is 3. The van der Waals surface area contributed by atoms with Gasteiger partial charge in [-0.2, -0.15) is 5.10 Å². The lowest BCUT2D eigenvalue weighted by Gasteiger charge is -2.21. The van der Waals surface area contributed by atoms with E-state index in [1.807, 2.05) is 26.0 Å². The summed E-state index contributed by atoms with van der Waals surface area (Å²) in [6, 6.07) is 9.89. The van der Waals surface area contributed by atoms with Crippen molar-refractivity contribution in [3.05, 3.63) is 63.6 Å². The molecule has 1 aliphatic heterocycles. The Bertz CT molecular complexity index is 930. The molecule has 7 nitrogen and oxygen atoms in total. The Morgan fingerprint density at radius 1 is 1.24 bits per heavy atom. The summed E-state index contributed by atoms with van der Waals surface area (Å²) >= 11 is 0. The van der Waals surface area contributed by atoms with E-state index in [-0.39, 0.29) is 29.0 Å². The fourth-order valence-electron chi connectivity index (χ4n) is 2.79. The highest BCUT2D eigenvalue weighted by Gasteiger charge is 2.22. The quantitative estimate of drug-likeness (QED) is 0.795. The lowest BCUT2D eigenvalue weighted by Crippen LogP contribution is -2.32. The van der Waals surface area contributed by atoms with Crippen molar-refractivity contribution in [2.75, 3.05) is 5.32 Å². The molecule has 0 spiro atoms. The third kappa shape index (κ3) is 3.65. The summed E-state index contributed by atoms with van der Waals surface area (Å²) in [7, 11) is 0. The van der Waals surface area contributed by atoms with Crippen LogP contribution in [0.25, 0.3) is 0 Å². The van der Waals surface area contributed by atoms with Gasteiger partial charge in [-0.15, -0.1) is 0 Å². The van der Waals surface area contributed by atoms with Crippen LogP contribution >= 0.6 is 0 Å². The molecule has 1 unspecified atom stereocenters. The van der Waals surface area contributed by atoms with Crippen LogP contribution in [0.15, 0.2) is 46.3 Å². The van der Waals surface area contributed by atoms with E-state index in [0.717, 1.165) is 16.8 Å². The third-order valence-electron chi connectivity index (χ3n) is 4.03. The van der Waals surface area contributed by atoms with Crippen molar-refractivity contribution < 1.29 is 9.59 Å². The summed E-state index contributed by atoms with van der Waals surface area (Å²) in [6.07, 6.45) is 0.401. The molecule has 0 saturated carbocycles. The Labute approximate surface area is 144 Å². The number of amides is 2. The number of H-pyrrole nitrogens is 1. The number of aromatic nitrogens is 1. The average Bonchev–Trinajstić information content (AvgIpc) is 2.56. The highest BCUT2D eigenvalue weighted by Crippen LogP contribution is 2.22. The van der Waals surface area contributed by atoms with Crippen LogP contribution in [0.5, 0.6) is 0 Å². The van der Waals surface area contributed by atoms with Gasteiger partial charge in [-0.05, 0) is 30.7 Å². The summed E-state index contributed by atoms with van der Waals surface area (Å²) in [6.45, 7) is 3.87. The molecular formula is C18H18N4O3. The zero-order valence-electron chi connectivity index (χ0n) is 13.9. The van der Waals surface area contributed by atoms with Crippen LogP contribution < -0.4 is 16.3 Å². The largest absolute Gasteiger partial charge is 0.321 e. The second-order valence-corrected chi connectivity index (χ2v) is 6.05. The number of benzene rings is 1. The Kier molecular flexibility index (Phi) is 4.47. The Hall–Kier alpha value is -3.22. The zero-order valence-corrected chi connectivity index (χ0v) is 13.9. The van der Waals surface area contributed by atoms with Gasteiger partial charge in [-0.3, -0.25) is 14.4 Å². The number of aromatic amines is 1. The molecule has 3 N–H and O–H groups in total. The molecule has 1 aliphatic rings. The van der Waals surface area contributed by atoms with Gasteiger partial charge in [0.2, 0.25) is 11.5 Å². The number of carbonyl (C=O) groups is 2. The lowest BCUT2D eigenvalue weighted by atomic mass is 9.91. The SMILES string of the molecule is Cc1cc(NC(=O)c2cccc(=O)[nH]2)ccc1C1=NNC(=O)CC1C. The van der Waals surface area contributed by atoms with Crippen molar-refractivity contribution in [3.63, 3.8) is 0 Å². The monoisotopic (exact) mass is 338 g/mol. The van der Waals surface area contributed by atoms with Crippen LogP contribution in [0, 0.1) is 12.8 Å². The summed E-state index contributed by atoms with van der Waals surface area (Å²) in [5.74, 6) is -0.447. The van der Waals surface area contributed by atoms with Crippen molar-refractivity contribution in [1.82, 2.24) is 10.4 Å². The molecule has 0 fully saturated rings. The van der Waals surface area contributed by atoms with E-state index in [4.69, 9.17) is 0 Å². The van der Waals surface area contributed by atoms with Gasteiger partial charge in [0.25, 0.3) is 5.91 Å². The molecule has 2 heterocycles. The minimum atomic E-state index is -0.388. The Balaban J connectivity index is 1.82. The van der Waals surface area contributed by atoms with Crippen LogP contribution in [0.4, 0.5) is 5.69 Å². The first-order chi connectivity index (χ1) is 11.9. The molecule has 1 atom stereocenters. The molecule has 0 aliphatic carbocycles. The molecule has 0 saturated heterocycles. The Morgan fingerprint density at radius 2 is 2.04 bits per heavy atom. The molecule has 2 amide bonds. The first-order valence-corrected chi connectivity index (χ1v) is 7.92. The van der Waals surface area contributed by atoms with Crippen LogP contribution in [-0.4, -0.2) is 22.5 Å². The molecular weight excluding hydrogens is 320 g/mol. The predicted molar refractivity (Wildman–Crippen MR) is 94.7 cm³/mol. The number of pyridine rings is 1. The standard InChI is InChI=1S/C18H18N4O3/c1-10-8-12(19-18(25)14-4-3-5-15(23)20-14)6-7-13(10)17-11(2)9-16(24)21-22-17/h3-8,11H,9H2,1-2H3,(H,19,25)(H,20,23)(H,21,24). The number of hydrogen-bond acceptors (Lipinski definition) is 4. The molecule has 128 valence electrons. The lowest BCUT2D eigenvalue weighted by molar-refractivity contribution is -0.121. The van der Waals surface area contributed by atoms with Crippen LogP contribution in [0.3, 0.4) is 0 Å². The van der Waals surface area contributed by atoms with E-state index >= 15 is 0 Å². The van der Waals surface area contributed by atoms with Crippen molar-refractivity contribution in [2.24, 2.45) is 11.0 Å². The van der Waals surface area contributed by atoms with E-state index in [2.05, 4.69) is 20.8 Å². The highest BCUT2D eigenvalue weighted by molar-refractivity contribution is 6.07. The van der Waals surface area contributed by atoms with Crippen LogP contribution in [0.1, 0.15) is 35.0 Å². The van der Waals surface area contributed by atoms with Crippen molar-refractivity contribution in [3.8, 4) is 0 Å². The number of nitrogens with one attached hydrogen (secondary N) is 3. The minimum absolute atomic E-state index is 0.0299. The summed E-state index contributed by atoms with van der Waals surface area (Å²) in [5.41, 5.74) is 5.67. The van der Waals surface area contributed by atoms with Gasteiger partial charge in [0.15, 0.2) is 0 Å². The zero-order chi connectivity index (χ0) is 18.0. The number of aryl methyl sites for hydroxylation is 1. The van der Waals surface area contributed by atoms with Gasteiger partial charge < -0.3 is 10.3 Å². The number of nitrogens with zero attached hydrogens (tertiary/aromatic N) is 1. The minimum Gasteiger partial charge on any atom is -0.321 e. The van der Waals surface area contributed by atoms with Gasteiger partial charge in [-0.25, -0.2) is 5.43 Å². The molecule has 7 heteroatoms. The van der Waals surface area contributed by atoms with Crippen molar-refractivity contribution in [1.29, 1.82) is 0 Å². The van der Waals surface area contributed by atoms with Gasteiger partial charge in [0.05, 0.1) is 5.71 Å². The molecule has 1 aromatic heterocycles. The maximum atomic E-state index is 12.2. The summed E-state index contributed by atoms with van der Waals surface area (Å²) < 4.78 is 0. The van der Waals surface area contributed by atoms with Gasteiger partial charge in [-0.1, -0.05) is 19.1 Å². The maximum absolute atomic E-state index is 12.2. The molecule has 1 aromatic carbocycles. The molecule has 25 heavy (non-hydrogen) atoms. The maximum Gasteiger partial charge on any atom is 0.272 e. The first kappa shape index (κ1) is 16.6. The Morgan fingerprint density at radius 3 is 2.72 bits per heavy atom. The molecule has 2 aromatic rings. The van der Waals surface area contributed by atoms with E-state index < -0.39 is 0 Å². The van der Waals surface area contributed by atoms with Gasteiger partial charge in [0, 0.05) is 29.7 Å². The van der Waals surface area contributed by atoms with Crippen LogP contribution in [-0.2, 0) is 4.79 Å². The van der Waals surface area contributed by atoms with E-state index in [0.29, 0.717) is 12.1 Å². The number of anilines is 1. The predicted octanol–water partition coefficient (Wildman–Crippen LogP) is 1.80. The molecule has 3 rings (SSSR count). The average molecular weight is 338 g/mol. The highest BCUT2D eigenvalue weighted by atomic mass is 16.2. The van der Waals surface area contributed by atoms with E-state index in [1.165, 1.54) is 12.1 Å².